The highest BCUT2D eigenvalue weighted by molar-refractivity contribution is 8.14. The fraction of sp³-hybridized carbons (Fsp3) is 0.318. The van der Waals surface area contributed by atoms with E-state index in [1.807, 2.05) is 4.90 Å². The van der Waals surface area contributed by atoms with Gasteiger partial charge in [0.05, 0.1) is 29.2 Å². The molecule has 6 nitrogen and oxygen atoms in total. The highest BCUT2D eigenvalue weighted by atomic mass is 32.2. The summed E-state index contributed by atoms with van der Waals surface area (Å²) in [6.07, 6.45) is -2.67. The third-order valence-electron chi connectivity index (χ3n) is 5.39. The summed E-state index contributed by atoms with van der Waals surface area (Å²) in [6, 6.07) is 9.71. The fourth-order valence-corrected chi connectivity index (χ4v) is 4.49. The molecule has 0 saturated carbocycles. The van der Waals surface area contributed by atoms with Crippen LogP contribution in [0.4, 0.5) is 29.3 Å². The quantitative estimate of drug-likeness (QED) is 0.693. The first kappa shape index (κ1) is 22.2. The van der Waals surface area contributed by atoms with Crippen LogP contribution < -0.4 is 10.2 Å². The monoisotopic (exact) mass is 463 g/mol. The Hall–Kier alpha value is -3.01. The second kappa shape index (κ2) is 8.85. The van der Waals surface area contributed by atoms with Gasteiger partial charge < -0.3 is 10.2 Å². The standard InChI is InChI=1S/C22H20F3N3O3S/c23-22(24,25)16-6-7-18(27-8-1-2-9-27)17(11-16)26-20(30)15-5-3-4-14(10-15)12-28-19(29)13-32-21(28)31/h3-7,10-11H,1-2,8-9,12-13H2,(H,26,30). The molecule has 3 amide bonds. The summed E-state index contributed by atoms with van der Waals surface area (Å²) in [6.45, 7) is 1.45. The van der Waals surface area contributed by atoms with Crippen LogP contribution in [0.5, 0.6) is 0 Å². The average molecular weight is 463 g/mol. The second-order valence-corrected chi connectivity index (χ2v) is 8.54. The molecule has 0 unspecified atom stereocenters. The maximum atomic E-state index is 13.3. The molecular formula is C22H20F3N3O3S. The van der Waals surface area contributed by atoms with Crippen molar-refractivity contribution in [1.29, 1.82) is 0 Å². The van der Waals surface area contributed by atoms with Gasteiger partial charge in [-0.15, -0.1) is 0 Å². The van der Waals surface area contributed by atoms with E-state index in [1.165, 1.54) is 18.2 Å². The molecule has 2 aromatic rings. The summed E-state index contributed by atoms with van der Waals surface area (Å²) in [5.74, 6) is -0.775. The number of halogens is 3. The van der Waals surface area contributed by atoms with Gasteiger partial charge in [-0.1, -0.05) is 23.9 Å². The molecule has 4 rings (SSSR count). The Morgan fingerprint density at radius 1 is 1.06 bits per heavy atom. The zero-order chi connectivity index (χ0) is 22.9. The van der Waals surface area contributed by atoms with Crippen molar-refractivity contribution < 1.29 is 27.6 Å². The molecule has 0 aliphatic carbocycles. The van der Waals surface area contributed by atoms with Crippen LogP contribution in [0.15, 0.2) is 42.5 Å². The number of alkyl halides is 3. The van der Waals surface area contributed by atoms with Crippen LogP contribution in [0.2, 0.25) is 0 Å². The van der Waals surface area contributed by atoms with Gasteiger partial charge in [0.25, 0.3) is 11.1 Å². The first-order valence-corrected chi connectivity index (χ1v) is 11.0. The maximum absolute atomic E-state index is 13.3. The van der Waals surface area contributed by atoms with Crippen molar-refractivity contribution >= 4 is 40.2 Å². The van der Waals surface area contributed by atoms with Crippen molar-refractivity contribution in [2.75, 3.05) is 29.1 Å². The summed E-state index contributed by atoms with van der Waals surface area (Å²) >= 11 is 0.923. The first-order chi connectivity index (χ1) is 15.2. The highest BCUT2D eigenvalue weighted by Gasteiger charge is 2.32. The van der Waals surface area contributed by atoms with Gasteiger partial charge in [0, 0.05) is 18.7 Å². The minimum atomic E-state index is -4.53. The molecule has 2 heterocycles. The molecule has 0 bridgehead atoms. The summed E-state index contributed by atoms with van der Waals surface area (Å²) in [7, 11) is 0. The van der Waals surface area contributed by atoms with Crippen LogP contribution in [-0.2, 0) is 17.5 Å². The predicted octanol–water partition coefficient (Wildman–Crippen LogP) is 4.75. The van der Waals surface area contributed by atoms with E-state index in [-0.39, 0.29) is 34.7 Å². The zero-order valence-electron chi connectivity index (χ0n) is 16.9. The van der Waals surface area contributed by atoms with E-state index in [0.29, 0.717) is 24.3 Å². The molecule has 1 N–H and O–H groups in total. The Kier molecular flexibility index (Phi) is 6.14. The average Bonchev–Trinajstić information content (AvgIpc) is 3.39. The lowest BCUT2D eigenvalue weighted by molar-refractivity contribution is -0.137. The molecule has 10 heteroatoms. The molecule has 2 saturated heterocycles. The van der Waals surface area contributed by atoms with Crippen molar-refractivity contribution in [1.82, 2.24) is 4.90 Å². The normalized spacial score (nSPS) is 16.7. The predicted molar refractivity (Wildman–Crippen MR) is 116 cm³/mol. The van der Waals surface area contributed by atoms with Gasteiger partial charge in [-0.2, -0.15) is 13.2 Å². The van der Waals surface area contributed by atoms with E-state index < -0.39 is 17.6 Å². The summed E-state index contributed by atoms with van der Waals surface area (Å²) in [4.78, 5) is 39.6. The summed E-state index contributed by atoms with van der Waals surface area (Å²) in [5.41, 5.74) is 0.599. The minimum Gasteiger partial charge on any atom is -0.370 e. The van der Waals surface area contributed by atoms with E-state index in [9.17, 15) is 27.6 Å². The van der Waals surface area contributed by atoms with E-state index in [1.54, 1.807) is 12.1 Å². The molecule has 2 aromatic carbocycles. The van der Waals surface area contributed by atoms with E-state index in [0.717, 1.165) is 41.6 Å². The lowest BCUT2D eigenvalue weighted by Crippen LogP contribution is -2.28. The van der Waals surface area contributed by atoms with Crippen LogP contribution in [0, 0.1) is 0 Å². The number of nitrogens with one attached hydrogen (secondary N) is 1. The molecular weight excluding hydrogens is 443 g/mol. The number of carbonyl (C=O) groups excluding carboxylic acids is 3. The van der Waals surface area contributed by atoms with Crippen LogP contribution in [0.25, 0.3) is 0 Å². The van der Waals surface area contributed by atoms with Gasteiger partial charge in [0.15, 0.2) is 0 Å². The number of amides is 3. The SMILES string of the molecule is O=C(Nc1cc(C(F)(F)F)ccc1N1CCCC1)c1cccc(CN2C(=O)CSC2=O)c1. The number of nitrogens with zero attached hydrogens (tertiary/aromatic N) is 2. The lowest BCUT2D eigenvalue weighted by Gasteiger charge is -2.23. The van der Waals surface area contributed by atoms with Crippen LogP contribution in [-0.4, -0.2) is 40.8 Å². The lowest BCUT2D eigenvalue weighted by atomic mass is 10.1. The number of hydrogen-bond acceptors (Lipinski definition) is 5. The molecule has 2 aliphatic heterocycles. The van der Waals surface area contributed by atoms with Crippen molar-refractivity contribution in [3.05, 3.63) is 59.2 Å². The Morgan fingerprint density at radius 2 is 1.81 bits per heavy atom. The second-order valence-electron chi connectivity index (χ2n) is 7.61. The van der Waals surface area contributed by atoms with Gasteiger partial charge in [-0.3, -0.25) is 19.3 Å². The Balaban J connectivity index is 1.58. The largest absolute Gasteiger partial charge is 0.416 e. The topological polar surface area (TPSA) is 69.7 Å². The summed E-state index contributed by atoms with van der Waals surface area (Å²) in [5, 5.41) is 2.28. The van der Waals surface area contributed by atoms with Crippen molar-refractivity contribution in [2.45, 2.75) is 25.6 Å². The van der Waals surface area contributed by atoms with Crippen molar-refractivity contribution in [3.8, 4) is 0 Å². The Labute approximate surface area is 186 Å². The number of rotatable bonds is 5. The van der Waals surface area contributed by atoms with Gasteiger partial charge >= 0.3 is 6.18 Å². The maximum Gasteiger partial charge on any atom is 0.416 e. The molecule has 0 atom stereocenters. The third-order valence-corrected chi connectivity index (χ3v) is 6.25. The first-order valence-electron chi connectivity index (χ1n) is 10.1. The molecule has 0 radical (unpaired) electrons. The van der Waals surface area contributed by atoms with Crippen molar-refractivity contribution in [3.63, 3.8) is 0 Å². The Bertz CT molecular complexity index is 1050. The number of benzene rings is 2. The van der Waals surface area contributed by atoms with Crippen LogP contribution in [0.3, 0.4) is 0 Å². The Morgan fingerprint density at radius 3 is 2.47 bits per heavy atom. The molecule has 2 fully saturated rings. The number of hydrogen-bond donors (Lipinski definition) is 1. The number of imide groups is 1. The van der Waals surface area contributed by atoms with E-state index >= 15 is 0 Å². The minimum absolute atomic E-state index is 0.0361. The highest BCUT2D eigenvalue weighted by Crippen LogP contribution is 2.36. The fourth-order valence-electron chi connectivity index (χ4n) is 3.77. The van der Waals surface area contributed by atoms with E-state index in [2.05, 4.69) is 5.32 Å². The molecule has 168 valence electrons. The number of thioether (sulfide) groups is 1. The van der Waals surface area contributed by atoms with Gasteiger partial charge in [-0.25, -0.2) is 0 Å². The van der Waals surface area contributed by atoms with Crippen molar-refractivity contribution in [2.24, 2.45) is 0 Å². The molecule has 32 heavy (non-hydrogen) atoms. The molecule has 0 spiro atoms. The van der Waals surface area contributed by atoms with Crippen LogP contribution in [0.1, 0.15) is 34.3 Å². The van der Waals surface area contributed by atoms with E-state index in [4.69, 9.17) is 0 Å². The van der Waals surface area contributed by atoms with Gasteiger partial charge in [0.2, 0.25) is 5.91 Å². The van der Waals surface area contributed by atoms with Gasteiger partial charge in [-0.05, 0) is 48.7 Å². The zero-order valence-corrected chi connectivity index (χ0v) is 17.8. The summed E-state index contributed by atoms with van der Waals surface area (Å²) < 4.78 is 39.8. The van der Waals surface area contributed by atoms with Gasteiger partial charge in [0.1, 0.15) is 0 Å². The molecule has 0 aromatic heterocycles. The molecule has 2 aliphatic rings. The smallest absolute Gasteiger partial charge is 0.370 e. The van der Waals surface area contributed by atoms with Crippen LogP contribution >= 0.6 is 11.8 Å². The third kappa shape index (κ3) is 4.74. The number of anilines is 2. The number of carbonyl (C=O) groups is 3.